The number of nitrogens with zero attached hydrogens (tertiary/aromatic N) is 1. The third-order valence-electron chi connectivity index (χ3n) is 3.53. The van der Waals surface area contributed by atoms with E-state index in [1.165, 1.54) is 12.8 Å². The predicted molar refractivity (Wildman–Crippen MR) is 73.4 cm³/mol. The molecule has 0 saturated carbocycles. The van der Waals surface area contributed by atoms with E-state index >= 15 is 0 Å². The molecule has 1 heterocycles. The molecule has 17 heavy (non-hydrogen) atoms. The van der Waals surface area contributed by atoms with Gasteiger partial charge in [-0.05, 0) is 32.2 Å². The van der Waals surface area contributed by atoms with E-state index in [1.807, 2.05) is 0 Å². The number of hydrogen-bond acceptors (Lipinski definition) is 3. The number of rotatable bonds is 7. The van der Waals surface area contributed by atoms with Crippen LogP contribution in [0.2, 0.25) is 0 Å². The molecule has 1 N–H and O–H groups in total. The number of nitrogens with one attached hydrogen (secondary N) is 1. The van der Waals surface area contributed by atoms with Gasteiger partial charge in [0.2, 0.25) is 0 Å². The first-order chi connectivity index (χ1) is 8.13. The van der Waals surface area contributed by atoms with Gasteiger partial charge in [-0.15, -0.1) is 0 Å². The minimum absolute atomic E-state index is 0.397. The summed E-state index contributed by atoms with van der Waals surface area (Å²) in [5, 5.41) is 3.54. The molecule has 1 fully saturated rings. The molecule has 102 valence electrons. The van der Waals surface area contributed by atoms with Crippen LogP contribution in [-0.4, -0.2) is 49.8 Å². The maximum absolute atomic E-state index is 5.71. The summed E-state index contributed by atoms with van der Waals surface area (Å²) in [5.74, 6) is 0.800. The van der Waals surface area contributed by atoms with Crippen LogP contribution in [0.15, 0.2) is 0 Å². The Hall–Kier alpha value is -0.120. The van der Waals surface area contributed by atoms with Crippen molar-refractivity contribution >= 4 is 0 Å². The molecular formula is C14H30N2O. The van der Waals surface area contributed by atoms with E-state index in [4.69, 9.17) is 4.74 Å². The summed E-state index contributed by atoms with van der Waals surface area (Å²) >= 11 is 0. The van der Waals surface area contributed by atoms with Gasteiger partial charge in [-0.2, -0.15) is 0 Å². The van der Waals surface area contributed by atoms with Crippen molar-refractivity contribution in [2.45, 2.75) is 52.7 Å². The topological polar surface area (TPSA) is 24.5 Å². The van der Waals surface area contributed by atoms with E-state index in [1.54, 1.807) is 0 Å². The van der Waals surface area contributed by atoms with Crippen molar-refractivity contribution in [3.8, 4) is 0 Å². The third kappa shape index (κ3) is 5.84. The standard InChI is InChI=1S/C14H30N2O/c1-5-14-11-17-13(4)10-16(14)9-8-15-7-6-12(2)3/h12-15H,5-11H2,1-4H3. The zero-order chi connectivity index (χ0) is 12.7. The van der Waals surface area contributed by atoms with Crippen LogP contribution < -0.4 is 5.32 Å². The van der Waals surface area contributed by atoms with Crippen molar-refractivity contribution in [2.75, 3.05) is 32.8 Å². The highest BCUT2D eigenvalue weighted by atomic mass is 16.5. The average Bonchev–Trinajstić information content (AvgIpc) is 2.28. The largest absolute Gasteiger partial charge is 0.376 e. The Kier molecular flexibility index (Phi) is 7.09. The Labute approximate surface area is 107 Å². The first-order valence-electron chi connectivity index (χ1n) is 7.19. The highest BCUT2D eigenvalue weighted by Crippen LogP contribution is 2.13. The SMILES string of the molecule is CCC1COC(C)CN1CCNCCC(C)C. The van der Waals surface area contributed by atoms with Gasteiger partial charge in [0, 0.05) is 25.7 Å². The molecule has 0 aromatic heterocycles. The van der Waals surface area contributed by atoms with Gasteiger partial charge >= 0.3 is 0 Å². The molecule has 3 heteroatoms. The minimum atomic E-state index is 0.397. The summed E-state index contributed by atoms with van der Waals surface area (Å²) in [5.41, 5.74) is 0. The molecule has 0 aliphatic carbocycles. The van der Waals surface area contributed by atoms with Gasteiger partial charge in [-0.25, -0.2) is 0 Å². The lowest BCUT2D eigenvalue weighted by Gasteiger charge is -2.38. The van der Waals surface area contributed by atoms with Gasteiger partial charge in [0.05, 0.1) is 12.7 Å². The third-order valence-corrected chi connectivity index (χ3v) is 3.53. The maximum atomic E-state index is 5.71. The molecule has 0 aromatic carbocycles. The number of hydrogen-bond donors (Lipinski definition) is 1. The molecule has 1 saturated heterocycles. The highest BCUT2D eigenvalue weighted by molar-refractivity contribution is 4.78. The summed E-state index contributed by atoms with van der Waals surface area (Å²) in [7, 11) is 0. The van der Waals surface area contributed by atoms with Crippen molar-refractivity contribution in [1.29, 1.82) is 0 Å². The predicted octanol–water partition coefficient (Wildman–Crippen LogP) is 2.12. The molecule has 0 amide bonds. The second-order valence-electron chi connectivity index (χ2n) is 5.63. The van der Waals surface area contributed by atoms with Crippen LogP contribution in [0.4, 0.5) is 0 Å². The summed E-state index contributed by atoms with van der Waals surface area (Å²) in [6, 6.07) is 0.623. The normalized spacial score (nSPS) is 26.6. The molecule has 2 atom stereocenters. The van der Waals surface area contributed by atoms with Crippen molar-refractivity contribution < 1.29 is 4.74 Å². The van der Waals surface area contributed by atoms with Crippen molar-refractivity contribution in [2.24, 2.45) is 5.92 Å². The fourth-order valence-electron chi connectivity index (χ4n) is 2.30. The van der Waals surface area contributed by atoms with Crippen molar-refractivity contribution in [3.63, 3.8) is 0 Å². The quantitative estimate of drug-likeness (QED) is 0.692. The smallest absolute Gasteiger partial charge is 0.0674 e. The molecule has 0 radical (unpaired) electrons. The Bertz CT molecular complexity index is 197. The fraction of sp³-hybridized carbons (Fsp3) is 1.00. The summed E-state index contributed by atoms with van der Waals surface area (Å²) < 4.78 is 5.71. The molecule has 3 nitrogen and oxygen atoms in total. The number of ether oxygens (including phenoxy) is 1. The van der Waals surface area contributed by atoms with Gasteiger partial charge in [-0.1, -0.05) is 20.8 Å². The first kappa shape index (κ1) is 14.9. The van der Waals surface area contributed by atoms with Crippen LogP contribution >= 0.6 is 0 Å². The summed E-state index contributed by atoms with van der Waals surface area (Å²) in [6.45, 7) is 14.4. The molecule has 1 aliphatic heterocycles. The van der Waals surface area contributed by atoms with E-state index in [9.17, 15) is 0 Å². The monoisotopic (exact) mass is 242 g/mol. The van der Waals surface area contributed by atoms with Crippen LogP contribution in [0.1, 0.15) is 40.5 Å². The fourth-order valence-corrected chi connectivity index (χ4v) is 2.30. The van der Waals surface area contributed by atoms with Gasteiger partial charge in [-0.3, -0.25) is 4.90 Å². The zero-order valence-electron chi connectivity index (χ0n) is 12.0. The van der Waals surface area contributed by atoms with Crippen LogP contribution in [0, 0.1) is 5.92 Å². The minimum Gasteiger partial charge on any atom is -0.376 e. The molecular weight excluding hydrogens is 212 g/mol. The lowest BCUT2D eigenvalue weighted by atomic mass is 10.1. The van der Waals surface area contributed by atoms with E-state index in [0.29, 0.717) is 12.1 Å². The van der Waals surface area contributed by atoms with E-state index in [2.05, 4.69) is 37.9 Å². The maximum Gasteiger partial charge on any atom is 0.0674 e. The molecule has 2 unspecified atom stereocenters. The van der Waals surface area contributed by atoms with Crippen molar-refractivity contribution in [3.05, 3.63) is 0 Å². The molecule has 0 spiro atoms. The van der Waals surface area contributed by atoms with Crippen LogP contribution in [-0.2, 0) is 4.74 Å². The van der Waals surface area contributed by atoms with E-state index < -0.39 is 0 Å². The van der Waals surface area contributed by atoms with E-state index in [0.717, 1.165) is 38.7 Å². The Morgan fingerprint density at radius 2 is 2.12 bits per heavy atom. The second-order valence-corrected chi connectivity index (χ2v) is 5.63. The molecule has 1 aliphatic rings. The van der Waals surface area contributed by atoms with Crippen LogP contribution in [0.5, 0.6) is 0 Å². The molecule has 1 rings (SSSR count). The van der Waals surface area contributed by atoms with Gasteiger partial charge < -0.3 is 10.1 Å². The van der Waals surface area contributed by atoms with Gasteiger partial charge in [0.1, 0.15) is 0 Å². The Morgan fingerprint density at radius 1 is 1.35 bits per heavy atom. The molecule has 0 bridgehead atoms. The first-order valence-corrected chi connectivity index (χ1v) is 7.19. The van der Waals surface area contributed by atoms with Crippen LogP contribution in [0.25, 0.3) is 0 Å². The summed E-state index contributed by atoms with van der Waals surface area (Å²) in [6.07, 6.45) is 2.86. The van der Waals surface area contributed by atoms with Crippen molar-refractivity contribution in [1.82, 2.24) is 10.2 Å². The number of morpholine rings is 1. The Balaban J connectivity index is 2.14. The zero-order valence-corrected chi connectivity index (χ0v) is 12.0. The average molecular weight is 242 g/mol. The molecule has 0 aromatic rings. The second kappa shape index (κ2) is 8.06. The van der Waals surface area contributed by atoms with E-state index in [-0.39, 0.29) is 0 Å². The highest BCUT2D eigenvalue weighted by Gasteiger charge is 2.24. The summed E-state index contributed by atoms with van der Waals surface area (Å²) in [4.78, 5) is 2.58. The van der Waals surface area contributed by atoms with Crippen LogP contribution in [0.3, 0.4) is 0 Å². The Morgan fingerprint density at radius 3 is 2.76 bits per heavy atom. The lowest BCUT2D eigenvalue weighted by molar-refractivity contribution is -0.0550. The van der Waals surface area contributed by atoms with Gasteiger partial charge in [0.15, 0.2) is 0 Å². The lowest BCUT2D eigenvalue weighted by Crippen LogP contribution is -2.50. The van der Waals surface area contributed by atoms with Gasteiger partial charge in [0.25, 0.3) is 0 Å².